The van der Waals surface area contributed by atoms with Gasteiger partial charge in [0.15, 0.2) is 0 Å². The Kier molecular flexibility index (Phi) is 5.41. The third-order valence-corrected chi connectivity index (χ3v) is 12.2. The lowest BCUT2D eigenvalue weighted by atomic mass is 10.2. The predicted octanol–water partition coefficient (Wildman–Crippen LogP) is 3.30. The molecule has 0 fully saturated rings. The van der Waals surface area contributed by atoms with Gasteiger partial charge in [-0.05, 0) is 20.8 Å². The zero-order valence-corrected chi connectivity index (χ0v) is 14.3. The zero-order valence-electron chi connectivity index (χ0n) is 12.3. The molecule has 0 aromatic rings. The first kappa shape index (κ1) is 16.3. The van der Waals surface area contributed by atoms with Crippen LogP contribution < -0.4 is 0 Å². The van der Waals surface area contributed by atoms with Gasteiger partial charge in [0.1, 0.15) is 0 Å². The maximum absolute atomic E-state index is 6.14. The van der Waals surface area contributed by atoms with Crippen molar-refractivity contribution in [3.8, 4) is 0 Å². The molecule has 0 bridgehead atoms. The van der Waals surface area contributed by atoms with Crippen molar-refractivity contribution in [3.63, 3.8) is 0 Å². The van der Waals surface area contributed by atoms with Crippen LogP contribution in [0.2, 0.25) is 24.8 Å². The Morgan fingerprint density at radius 3 is 1.50 bits per heavy atom. The van der Waals surface area contributed by atoms with Gasteiger partial charge in [0, 0.05) is 19.4 Å². The summed E-state index contributed by atoms with van der Waals surface area (Å²) in [4.78, 5) is 0. The minimum absolute atomic E-state index is 0.230. The highest BCUT2D eigenvalue weighted by Crippen LogP contribution is 2.35. The summed E-state index contributed by atoms with van der Waals surface area (Å²) in [6, 6.07) is 0. The van der Waals surface area contributed by atoms with E-state index in [0.717, 1.165) is 0 Å². The van der Waals surface area contributed by atoms with Gasteiger partial charge >= 0.3 is 8.80 Å². The molecule has 0 aliphatic heterocycles. The van der Waals surface area contributed by atoms with E-state index in [4.69, 9.17) is 13.3 Å². The van der Waals surface area contributed by atoms with E-state index in [2.05, 4.69) is 26.6 Å². The summed E-state index contributed by atoms with van der Waals surface area (Å²) in [6.07, 6.45) is 0. The van der Waals surface area contributed by atoms with Gasteiger partial charge in [0.25, 0.3) is 0 Å². The fraction of sp³-hybridized carbons (Fsp3) is 1.00. The molecule has 0 amide bonds. The quantitative estimate of drug-likeness (QED) is 0.713. The van der Waals surface area contributed by atoms with E-state index in [1.807, 2.05) is 20.8 Å². The normalized spacial score (nSPS) is 16.3. The summed E-state index contributed by atoms with van der Waals surface area (Å²) in [5.74, 6) is 0. The summed E-state index contributed by atoms with van der Waals surface area (Å²) in [5.41, 5.74) is -0.230. The number of rotatable bonds is 5. The Morgan fingerprint density at radius 1 is 0.938 bits per heavy atom. The molecule has 3 nitrogen and oxygen atoms in total. The summed E-state index contributed by atoms with van der Waals surface area (Å²) in [6.45, 7) is 15.3. The highest BCUT2D eigenvalue weighted by molar-refractivity contribution is 6.90. The van der Waals surface area contributed by atoms with Crippen molar-refractivity contribution in [2.24, 2.45) is 0 Å². The maximum atomic E-state index is 6.14. The van der Waals surface area contributed by atoms with Crippen molar-refractivity contribution in [2.75, 3.05) is 14.2 Å². The van der Waals surface area contributed by atoms with Crippen molar-refractivity contribution >= 4 is 16.9 Å². The van der Waals surface area contributed by atoms with E-state index in [9.17, 15) is 0 Å². The Hall–Kier alpha value is 0.314. The molecule has 0 heterocycles. The third-order valence-electron chi connectivity index (χ3n) is 2.85. The first-order valence-electron chi connectivity index (χ1n) is 5.79. The molecular formula is C11H28O3Si2. The van der Waals surface area contributed by atoms with Gasteiger partial charge in [0.2, 0.25) is 0 Å². The van der Waals surface area contributed by atoms with Gasteiger partial charge < -0.3 is 13.3 Å². The van der Waals surface area contributed by atoms with Crippen LogP contribution in [0.25, 0.3) is 0 Å². The van der Waals surface area contributed by atoms with Crippen LogP contribution in [-0.4, -0.2) is 36.7 Å². The van der Waals surface area contributed by atoms with Crippen LogP contribution in [0.4, 0.5) is 0 Å². The smallest absolute Gasteiger partial charge is 0.377 e. The molecule has 0 radical (unpaired) electrons. The molecule has 98 valence electrons. The minimum Gasteiger partial charge on any atom is -0.377 e. The Morgan fingerprint density at radius 2 is 1.31 bits per heavy atom. The van der Waals surface area contributed by atoms with E-state index in [-0.39, 0.29) is 5.60 Å². The molecule has 0 N–H and O–H groups in total. The van der Waals surface area contributed by atoms with Crippen LogP contribution >= 0.6 is 0 Å². The molecule has 0 saturated carbocycles. The molecule has 0 spiro atoms. The molecule has 1 atom stereocenters. The third kappa shape index (κ3) is 4.29. The average Bonchev–Trinajstić information content (AvgIpc) is 2.10. The van der Waals surface area contributed by atoms with Crippen LogP contribution in [0.3, 0.4) is 0 Å². The van der Waals surface area contributed by atoms with Crippen molar-refractivity contribution in [1.82, 2.24) is 0 Å². The largest absolute Gasteiger partial charge is 0.500 e. The van der Waals surface area contributed by atoms with Gasteiger partial charge in [-0.25, -0.2) is 0 Å². The minimum atomic E-state index is -2.56. The summed E-state index contributed by atoms with van der Waals surface area (Å²) in [7, 11) is -0.494. The van der Waals surface area contributed by atoms with E-state index >= 15 is 0 Å². The molecule has 5 heteroatoms. The van der Waals surface area contributed by atoms with Crippen molar-refractivity contribution in [1.29, 1.82) is 0 Å². The Labute approximate surface area is 103 Å². The summed E-state index contributed by atoms with van der Waals surface area (Å²) >= 11 is 0. The number of hydrogen-bond donors (Lipinski definition) is 0. The average molecular weight is 265 g/mol. The molecular weight excluding hydrogens is 236 g/mol. The van der Waals surface area contributed by atoms with Gasteiger partial charge in [-0.15, -0.1) is 0 Å². The lowest BCUT2D eigenvalue weighted by molar-refractivity contribution is 0.0145. The topological polar surface area (TPSA) is 27.7 Å². The fourth-order valence-corrected chi connectivity index (χ4v) is 8.76. The van der Waals surface area contributed by atoms with Crippen LogP contribution in [0.1, 0.15) is 27.7 Å². The second kappa shape index (κ2) is 5.31. The Balaban J connectivity index is 5.10. The van der Waals surface area contributed by atoms with Gasteiger partial charge in [-0.3, -0.25) is 0 Å². The van der Waals surface area contributed by atoms with Crippen LogP contribution in [0.15, 0.2) is 0 Å². The molecule has 0 aliphatic rings. The maximum Gasteiger partial charge on any atom is 0.500 e. The van der Waals surface area contributed by atoms with Crippen molar-refractivity contribution in [3.05, 3.63) is 0 Å². The zero-order chi connectivity index (χ0) is 13.2. The van der Waals surface area contributed by atoms with Gasteiger partial charge in [0.05, 0.1) is 13.7 Å². The van der Waals surface area contributed by atoms with E-state index in [1.54, 1.807) is 14.2 Å². The molecule has 16 heavy (non-hydrogen) atoms. The molecule has 0 aromatic carbocycles. The molecule has 0 aliphatic carbocycles. The van der Waals surface area contributed by atoms with Gasteiger partial charge in [-0.2, -0.15) is 0 Å². The van der Waals surface area contributed by atoms with Crippen LogP contribution in [0.5, 0.6) is 0 Å². The monoisotopic (exact) mass is 264 g/mol. The second-order valence-corrected chi connectivity index (χ2v) is 15.6. The van der Waals surface area contributed by atoms with E-state index < -0.39 is 16.9 Å². The molecule has 1 unspecified atom stereocenters. The van der Waals surface area contributed by atoms with Crippen LogP contribution in [0, 0.1) is 0 Å². The SMILES string of the molecule is CO[Si](OC)(OC(C)(C)C)C(C)[Si](C)(C)C. The lowest BCUT2D eigenvalue weighted by Gasteiger charge is -2.41. The summed E-state index contributed by atoms with van der Waals surface area (Å²) < 4.78 is 17.5. The van der Waals surface area contributed by atoms with Gasteiger partial charge in [-0.1, -0.05) is 26.6 Å². The van der Waals surface area contributed by atoms with E-state index in [1.165, 1.54) is 0 Å². The fourth-order valence-electron chi connectivity index (χ4n) is 1.57. The first-order chi connectivity index (χ1) is 6.98. The summed E-state index contributed by atoms with van der Waals surface area (Å²) in [5, 5.41) is 0.384. The molecule has 0 saturated heterocycles. The lowest BCUT2D eigenvalue weighted by Crippen LogP contribution is -2.57. The second-order valence-electron chi connectivity index (χ2n) is 6.31. The van der Waals surface area contributed by atoms with Crippen molar-refractivity contribution in [2.45, 2.75) is 58.1 Å². The first-order valence-corrected chi connectivity index (χ1v) is 11.2. The highest BCUT2D eigenvalue weighted by atomic mass is 28.4. The predicted molar refractivity (Wildman–Crippen MR) is 73.4 cm³/mol. The molecule has 0 rings (SSSR count). The van der Waals surface area contributed by atoms with Crippen molar-refractivity contribution < 1.29 is 13.3 Å². The Bertz CT molecular complexity index is 214. The highest BCUT2D eigenvalue weighted by Gasteiger charge is 2.53. The number of hydrogen-bond acceptors (Lipinski definition) is 3. The molecule has 0 aromatic heterocycles. The van der Waals surface area contributed by atoms with Crippen LogP contribution in [-0.2, 0) is 13.3 Å². The van der Waals surface area contributed by atoms with E-state index in [0.29, 0.717) is 5.16 Å². The standard InChI is InChI=1S/C11H28O3Si2/c1-10(15(7,8)9)16(12-5,13-6)14-11(2,3)4/h10H,1-9H3.